The average molecular weight is 610 g/mol. The van der Waals surface area contributed by atoms with Crippen molar-refractivity contribution >= 4 is 23.2 Å². The average Bonchev–Trinajstić information content (AvgIpc) is 3.38. The molecule has 2 aromatic heterocycles. The highest BCUT2D eigenvalue weighted by Crippen LogP contribution is 2.42. The Hall–Kier alpha value is -3.34. The summed E-state index contributed by atoms with van der Waals surface area (Å²) >= 11 is 14.0. The molecule has 2 N–H and O–H groups in total. The van der Waals surface area contributed by atoms with Gasteiger partial charge in [0.2, 0.25) is 11.8 Å². The number of nitrogens with zero attached hydrogens (tertiary/aromatic N) is 5. The van der Waals surface area contributed by atoms with Crippen LogP contribution in [0.4, 0.5) is 0 Å². The van der Waals surface area contributed by atoms with Gasteiger partial charge in [0.1, 0.15) is 11.4 Å². The summed E-state index contributed by atoms with van der Waals surface area (Å²) in [6, 6.07) is 11.4. The SMILES string of the molecule is CNCc1ncc(-c2cccc(-c3cccc(-c4cnc(CN5CCCC5(C)CO)c(OC)n4)c3Cl)c2Cl)nc1OC. The number of aliphatic hydroxyl groups is 1. The summed E-state index contributed by atoms with van der Waals surface area (Å²) in [6.07, 6.45) is 5.36. The summed E-state index contributed by atoms with van der Waals surface area (Å²) in [7, 11) is 4.99. The zero-order valence-electron chi connectivity index (χ0n) is 24.1. The molecule has 9 nitrogen and oxygen atoms in total. The van der Waals surface area contributed by atoms with E-state index in [2.05, 4.69) is 27.1 Å². The first-order valence-electron chi connectivity index (χ1n) is 13.7. The van der Waals surface area contributed by atoms with Gasteiger partial charge in [0.15, 0.2) is 0 Å². The number of benzene rings is 2. The van der Waals surface area contributed by atoms with E-state index in [1.165, 1.54) is 0 Å². The van der Waals surface area contributed by atoms with Crippen molar-refractivity contribution in [2.24, 2.45) is 0 Å². The molecule has 1 saturated heterocycles. The topological polar surface area (TPSA) is 106 Å². The van der Waals surface area contributed by atoms with Gasteiger partial charge >= 0.3 is 0 Å². The van der Waals surface area contributed by atoms with Crippen molar-refractivity contribution in [3.63, 3.8) is 0 Å². The molecular formula is C31H34Cl2N6O3. The molecule has 220 valence electrons. The first kappa shape index (κ1) is 30.1. The van der Waals surface area contributed by atoms with Gasteiger partial charge in [-0.2, -0.15) is 0 Å². The monoisotopic (exact) mass is 608 g/mol. The Morgan fingerprint density at radius 1 is 0.881 bits per heavy atom. The third-order valence-electron chi connectivity index (χ3n) is 7.78. The number of likely N-dealkylation sites (tertiary alicyclic amines) is 1. The second-order valence-corrected chi connectivity index (χ2v) is 11.2. The molecule has 5 rings (SSSR count). The quantitative estimate of drug-likeness (QED) is 0.236. The van der Waals surface area contributed by atoms with Crippen LogP contribution in [-0.4, -0.2) is 69.9 Å². The van der Waals surface area contributed by atoms with Gasteiger partial charge in [0.05, 0.1) is 54.7 Å². The van der Waals surface area contributed by atoms with Gasteiger partial charge in [-0.15, -0.1) is 0 Å². The summed E-state index contributed by atoms with van der Waals surface area (Å²) in [5.74, 6) is 0.862. The van der Waals surface area contributed by atoms with Crippen LogP contribution in [0.3, 0.4) is 0 Å². The van der Waals surface area contributed by atoms with E-state index in [4.69, 9.17) is 42.6 Å². The van der Waals surface area contributed by atoms with Crippen molar-refractivity contribution in [3.05, 3.63) is 70.2 Å². The van der Waals surface area contributed by atoms with Crippen LogP contribution in [0.25, 0.3) is 33.6 Å². The standard InChI is InChI=1S/C31H34Cl2N6O3/c1-31(18-40)12-7-13-39(31)17-26-30(42-4)38-24(16-36-26)22-11-6-9-20(28(22)33)19-8-5-10-21(27(19)32)23-15-35-25(14-34-2)29(37-23)41-3/h5-6,8-11,15-16,34,40H,7,12-14,17-18H2,1-4H3. The lowest BCUT2D eigenvalue weighted by molar-refractivity contribution is 0.0716. The predicted molar refractivity (Wildman–Crippen MR) is 165 cm³/mol. The van der Waals surface area contributed by atoms with E-state index in [0.717, 1.165) is 30.5 Å². The number of aromatic nitrogens is 4. The molecule has 2 aromatic carbocycles. The highest BCUT2D eigenvalue weighted by molar-refractivity contribution is 6.39. The second kappa shape index (κ2) is 12.9. The maximum atomic E-state index is 9.95. The normalized spacial score (nSPS) is 17.0. The maximum Gasteiger partial charge on any atom is 0.237 e. The number of methoxy groups -OCH3 is 2. The Balaban J connectivity index is 1.49. The van der Waals surface area contributed by atoms with Crippen LogP contribution in [0.1, 0.15) is 31.2 Å². The predicted octanol–water partition coefficient (Wildman–Crippen LogP) is 5.66. The van der Waals surface area contributed by atoms with Crippen molar-refractivity contribution in [1.82, 2.24) is 30.2 Å². The molecule has 1 atom stereocenters. The summed E-state index contributed by atoms with van der Waals surface area (Å²) < 4.78 is 11.1. The van der Waals surface area contributed by atoms with Gasteiger partial charge in [-0.05, 0) is 33.4 Å². The molecule has 0 spiro atoms. The highest BCUT2D eigenvalue weighted by Gasteiger charge is 2.36. The van der Waals surface area contributed by atoms with E-state index in [9.17, 15) is 5.11 Å². The minimum Gasteiger partial charge on any atom is -0.480 e. The van der Waals surface area contributed by atoms with E-state index in [0.29, 0.717) is 68.8 Å². The molecule has 0 bridgehead atoms. The second-order valence-electron chi connectivity index (χ2n) is 10.5. The van der Waals surface area contributed by atoms with Crippen molar-refractivity contribution in [2.75, 3.05) is 34.4 Å². The zero-order valence-corrected chi connectivity index (χ0v) is 25.6. The van der Waals surface area contributed by atoms with E-state index in [1.54, 1.807) is 26.6 Å². The molecule has 0 saturated carbocycles. The Labute approximate surface area is 255 Å². The highest BCUT2D eigenvalue weighted by atomic mass is 35.5. The molecule has 0 aliphatic carbocycles. The van der Waals surface area contributed by atoms with Gasteiger partial charge in [-0.1, -0.05) is 59.6 Å². The van der Waals surface area contributed by atoms with Crippen LogP contribution in [0.15, 0.2) is 48.8 Å². The lowest BCUT2D eigenvalue weighted by Gasteiger charge is -2.33. The number of aliphatic hydroxyl groups excluding tert-OH is 1. The number of ether oxygens (including phenoxy) is 2. The molecule has 4 aromatic rings. The molecule has 0 amide bonds. The zero-order chi connectivity index (χ0) is 29.9. The van der Waals surface area contributed by atoms with Gasteiger partial charge in [-0.25, -0.2) is 9.97 Å². The maximum absolute atomic E-state index is 9.95. The molecule has 1 aliphatic rings. The number of hydrogen-bond acceptors (Lipinski definition) is 9. The summed E-state index contributed by atoms with van der Waals surface area (Å²) in [5.41, 5.74) is 5.21. The largest absolute Gasteiger partial charge is 0.480 e. The molecule has 3 heterocycles. The first-order chi connectivity index (χ1) is 20.3. The molecule has 1 aliphatic heterocycles. The fourth-order valence-corrected chi connectivity index (χ4v) is 6.01. The molecule has 42 heavy (non-hydrogen) atoms. The molecule has 1 fully saturated rings. The third-order valence-corrected chi connectivity index (χ3v) is 8.60. The molecular weight excluding hydrogens is 575 g/mol. The van der Waals surface area contributed by atoms with Crippen molar-refractivity contribution in [3.8, 4) is 45.4 Å². The van der Waals surface area contributed by atoms with Crippen molar-refractivity contribution in [1.29, 1.82) is 0 Å². The molecule has 0 radical (unpaired) electrons. The summed E-state index contributed by atoms with van der Waals surface area (Å²) in [4.78, 5) is 20.9. The van der Waals surface area contributed by atoms with Gasteiger partial charge in [-0.3, -0.25) is 14.9 Å². The van der Waals surface area contributed by atoms with Crippen LogP contribution in [-0.2, 0) is 13.1 Å². The first-order valence-corrected chi connectivity index (χ1v) is 14.5. The summed E-state index contributed by atoms with van der Waals surface area (Å²) in [6.45, 7) is 4.11. The number of rotatable bonds is 10. The molecule has 1 unspecified atom stereocenters. The van der Waals surface area contributed by atoms with Crippen LogP contribution in [0.2, 0.25) is 10.0 Å². The number of hydrogen-bond donors (Lipinski definition) is 2. The van der Waals surface area contributed by atoms with E-state index in [-0.39, 0.29) is 12.1 Å². The fourth-order valence-electron chi connectivity index (χ4n) is 5.36. The van der Waals surface area contributed by atoms with E-state index >= 15 is 0 Å². The van der Waals surface area contributed by atoms with Crippen molar-refractivity contribution in [2.45, 2.75) is 38.4 Å². The Bertz CT molecular complexity index is 1590. The van der Waals surface area contributed by atoms with Crippen LogP contribution in [0.5, 0.6) is 11.8 Å². The number of nitrogens with one attached hydrogen (secondary N) is 1. The number of halogens is 2. The third kappa shape index (κ3) is 5.80. The van der Waals surface area contributed by atoms with Crippen LogP contribution < -0.4 is 14.8 Å². The minimum atomic E-state index is -0.276. The Morgan fingerprint density at radius 2 is 1.40 bits per heavy atom. The van der Waals surface area contributed by atoms with Crippen molar-refractivity contribution < 1.29 is 14.6 Å². The van der Waals surface area contributed by atoms with E-state index < -0.39 is 0 Å². The van der Waals surface area contributed by atoms with Crippen LogP contribution in [0, 0.1) is 0 Å². The lowest BCUT2D eigenvalue weighted by Crippen LogP contribution is -2.43. The van der Waals surface area contributed by atoms with E-state index in [1.807, 2.05) is 43.4 Å². The Kier molecular flexibility index (Phi) is 9.25. The van der Waals surface area contributed by atoms with Crippen LogP contribution >= 0.6 is 23.2 Å². The fraction of sp³-hybridized carbons (Fsp3) is 0.355. The molecule has 11 heteroatoms. The van der Waals surface area contributed by atoms with Gasteiger partial charge in [0.25, 0.3) is 0 Å². The lowest BCUT2D eigenvalue weighted by atomic mass is 9.98. The smallest absolute Gasteiger partial charge is 0.237 e. The van der Waals surface area contributed by atoms with Gasteiger partial charge in [0, 0.05) is 40.9 Å². The Morgan fingerprint density at radius 3 is 1.93 bits per heavy atom. The minimum absolute atomic E-state index is 0.0920. The summed E-state index contributed by atoms with van der Waals surface area (Å²) in [5, 5.41) is 14.0. The van der Waals surface area contributed by atoms with Gasteiger partial charge < -0.3 is 19.9 Å².